The Bertz CT molecular complexity index is 75.8. The Hall–Kier alpha value is -0.180. The topological polar surface area (TPSA) is 21.6 Å². The molecule has 7 heavy (non-hydrogen) atoms. The maximum atomic E-state index is 4.83. The molecule has 0 saturated carbocycles. The molecule has 0 amide bonds. The van der Waals surface area contributed by atoms with E-state index >= 15 is 0 Å². The summed E-state index contributed by atoms with van der Waals surface area (Å²) in [6, 6.07) is 0. The molecule has 0 saturated heterocycles. The summed E-state index contributed by atoms with van der Waals surface area (Å²) >= 11 is 1.69. The van der Waals surface area contributed by atoms with E-state index in [1.54, 1.807) is 18.0 Å². The summed E-state index contributed by atoms with van der Waals surface area (Å²) in [5.74, 6) is 0. The fourth-order valence-corrected chi connectivity index (χ4v) is 0.837. The SMILES string of the molecule is CSC1CC=NO1. The van der Waals surface area contributed by atoms with Crippen LogP contribution in [0.5, 0.6) is 0 Å². The largest absolute Gasteiger partial charge is 0.381 e. The highest BCUT2D eigenvalue weighted by molar-refractivity contribution is 7.99. The maximum absolute atomic E-state index is 4.83. The van der Waals surface area contributed by atoms with Gasteiger partial charge >= 0.3 is 0 Å². The van der Waals surface area contributed by atoms with Gasteiger partial charge in [0.2, 0.25) is 0 Å². The fourth-order valence-electron chi connectivity index (χ4n) is 0.422. The summed E-state index contributed by atoms with van der Waals surface area (Å²) < 4.78 is 0. The van der Waals surface area contributed by atoms with Crippen LogP contribution in [-0.2, 0) is 4.84 Å². The van der Waals surface area contributed by atoms with Crippen LogP contribution in [0.25, 0.3) is 0 Å². The smallest absolute Gasteiger partial charge is 0.177 e. The van der Waals surface area contributed by atoms with Crippen LogP contribution in [0, 0.1) is 0 Å². The normalized spacial score (nSPS) is 27.9. The highest BCUT2D eigenvalue weighted by atomic mass is 32.2. The number of oxime groups is 1. The molecule has 0 radical (unpaired) electrons. The highest BCUT2D eigenvalue weighted by Crippen LogP contribution is 2.14. The summed E-state index contributed by atoms with van der Waals surface area (Å²) in [4.78, 5) is 4.83. The summed E-state index contributed by atoms with van der Waals surface area (Å²) in [6.07, 6.45) is 4.77. The zero-order valence-corrected chi connectivity index (χ0v) is 4.94. The van der Waals surface area contributed by atoms with Crippen molar-refractivity contribution < 1.29 is 4.84 Å². The zero-order valence-electron chi connectivity index (χ0n) is 4.13. The molecule has 0 aromatic carbocycles. The first-order valence-electron chi connectivity index (χ1n) is 2.14. The minimum atomic E-state index is 0.292. The highest BCUT2D eigenvalue weighted by Gasteiger charge is 2.08. The lowest BCUT2D eigenvalue weighted by Crippen LogP contribution is -1.95. The third kappa shape index (κ3) is 1.09. The molecule has 0 aliphatic carbocycles. The van der Waals surface area contributed by atoms with E-state index in [1.165, 1.54) is 0 Å². The minimum absolute atomic E-state index is 0.292. The lowest BCUT2D eigenvalue weighted by Gasteiger charge is -1.99. The van der Waals surface area contributed by atoms with Crippen molar-refractivity contribution in [2.75, 3.05) is 6.26 Å². The monoisotopic (exact) mass is 117 g/mol. The molecule has 0 aromatic rings. The van der Waals surface area contributed by atoms with Gasteiger partial charge in [-0.1, -0.05) is 5.16 Å². The zero-order chi connectivity index (χ0) is 5.11. The first-order chi connectivity index (χ1) is 3.43. The average Bonchev–Trinajstić information content (AvgIpc) is 2.14. The fraction of sp³-hybridized carbons (Fsp3) is 0.750. The molecule has 2 nitrogen and oxygen atoms in total. The van der Waals surface area contributed by atoms with Gasteiger partial charge in [-0.25, -0.2) is 0 Å². The van der Waals surface area contributed by atoms with Crippen LogP contribution in [0.2, 0.25) is 0 Å². The molecule has 0 fully saturated rings. The maximum Gasteiger partial charge on any atom is 0.177 e. The first kappa shape index (κ1) is 4.97. The van der Waals surface area contributed by atoms with E-state index in [1.807, 2.05) is 6.26 Å². The molecule has 0 spiro atoms. The van der Waals surface area contributed by atoms with E-state index in [2.05, 4.69) is 5.16 Å². The van der Waals surface area contributed by atoms with E-state index in [-0.39, 0.29) is 0 Å². The van der Waals surface area contributed by atoms with Crippen molar-refractivity contribution in [3.05, 3.63) is 0 Å². The van der Waals surface area contributed by atoms with Crippen molar-refractivity contribution in [3.63, 3.8) is 0 Å². The van der Waals surface area contributed by atoms with Crippen molar-refractivity contribution in [2.24, 2.45) is 5.16 Å². The number of thioether (sulfide) groups is 1. The van der Waals surface area contributed by atoms with Gasteiger partial charge < -0.3 is 4.84 Å². The Balaban J connectivity index is 2.22. The van der Waals surface area contributed by atoms with Gasteiger partial charge in [0, 0.05) is 12.6 Å². The van der Waals surface area contributed by atoms with Crippen molar-refractivity contribution in [1.29, 1.82) is 0 Å². The Labute approximate surface area is 46.9 Å². The summed E-state index contributed by atoms with van der Waals surface area (Å²) in [6.45, 7) is 0. The molecule has 1 heterocycles. The number of hydrogen-bond acceptors (Lipinski definition) is 3. The Morgan fingerprint density at radius 2 is 2.86 bits per heavy atom. The standard InChI is InChI=1S/C4H7NOS/c1-7-4-2-3-5-6-4/h3-4H,2H2,1H3. The molecule has 1 rings (SSSR count). The summed E-state index contributed by atoms with van der Waals surface area (Å²) in [7, 11) is 0. The van der Waals surface area contributed by atoms with Gasteiger partial charge in [0.05, 0.1) is 0 Å². The quantitative estimate of drug-likeness (QED) is 0.512. The minimum Gasteiger partial charge on any atom is -0.381 e. The van der Waals surface area contributed by atoms with E-state index in [0.29, 0.717) is 5.44 Å². The Kier molecular flexibility index (Phi) is 1.57. The second kappa shape index (κ2) is 2.21. The second-order valence-corrected chi connectivity index (χ2v) is 2.29. The first-order valence-corrected chi connectivity index (χ1v) is 3.42. The van der Waals surface area contributed by atoms with Gasteiger partial charge in [0.15, 0.2) is 5.44 Å². The molecular formula is C4H7NOS. The van der Waals surface area contributed by atoms with Gasteiger partial charge in [0.1, 0.15) is 0 Å². The van der Waals surface area contributed by atoms with E-state index in [9.17, 15) is 0 Å². The molecule has 3 heteroatoms. The molecular weight excluding hydrogens is 110 g/mol. The van der Waals surface area contributed by atoms with Crippen LogP contribution in [0.4, 0.5) is 0 Å². The van der Waals surface area contributed by atoms with Gasteiger partial charge in [-0.2, -0.15) is 0 Å². The lowest BCUT2D eigenvalue weighted by atomic mass is 10.5. The van der Waals surface area contributed by atoms with Crippen LogP contribution in [0.3, 0.4) is 0 Å². The average molecular weight is 117 g/mol. The van der Waals surface area contributed by atoms with Crippen molar-refractivity contribution in [3.8, 4) is 0 Å². The van der Waals surface area contributed by atoms with Crippen molar-refractivity contribution in [1.82, 2.24) is 0 Å². The van der Waals surface area contributed by atoms with Gasteiger partial charge in [0.25, 0.3) is 0 Å². The van der Waals surface area contributed by atoms with Crippen molar-refractivity contribution in [2.45, 2.75) is 11.9 Å². The van der Waals surface area contributed by atoms with Crippen molar-refractivity contribution >= 4 is 18.0 Å². The number of hydrogen-bond donors (Lipinski definition) is 0. The van der Waals surface area contributed by atoms with Crippen LogP contribution >= 0.6 is 11.8 Å². The molecule has 0 N–H and O–H groups in total. The van der Waals surface area contributed by atoms with E-state index in [4.69, 9.17) is 4.84 Å². The van der Waals surface area contributed by atoms with Gasteiger partial charge in [-0.05, 0) is 6.26 Å². The van der Waals surface area contributed by atoms with E-state index < -0.39 is 0 Å². The summed E-state index contributed by atoms with van der Waals surface area (Å²) in [5.41, 5.74) is 0.292. The molecule has 0 bridgehead atoms. The number of nitrogens with zero attached hydrogens (tertiary/aromatic N) is 1. The van der Waals surface area contributed by atoms with Gasteiger partial charge in [-0.15, -0.1) is 11.8 Å². The number of rotatable bonds is 1. The molecule has 1 aliphatic heterocycles. The molecule has 1 atom stereocenters. The Morgan fingerprint density at radius 3 is 3.14 bits per heavy atom. The predicted octanol–water partition coefficient (Wildman–Crippen LogP) is 1.08. The summed E-state index contributed by atoms with van der Waals surface area (Å²) in [5, 5.41) is 3.59. The molecule has 1 unspecified atom stereocenters. The molecule has 1 aliphatic rings. The third-order valence-corrected chi connectivity index (χ3v) is 1.62. The molecule has 40 valence electrons. The van der Waals surface area contributed by atoms with Crippen LogP contribution < -0.4 is 0 Å². The van der Waals surface area contributed by atoms with Crippen LogP contribution in [0.15, 0.2) is 5.16 Å². The third-order valence-electron chi connectivity index (χ3n) is 0.814. The lowest BCUT2D eigenvalue weighted by molar-refractivity contribution is 0.149. The van der Waals surface area contributed by atoms with E-state index in [0.717, 1.165) is 6.42 Å². The predicted molar refractivity (Wildman–Crippen MR) is 31.5 cm³/mol. The van der Waals surface area contributed by atoms with Crippen LogP contribution in [0.1, 0.15) is 6.42 Å². The molecule has 0 aromatic heterocycles. The Morgan fingerprint density at radius 1 is 2.00 bits per heavy atom. The van der Waals surface area contributed by atoms with Crippen LogP contribution in [-0.4, -0.2) is 17.9 Å². The van der Waals surface area contributed by atoms with Gasteiger partial charge in [-0.3, -0.25) is 0 Å². The second-order valence-electron chi connectivity index (χ2n) is 1.29.